The van der Waals surface area contributed by atoms with Gasteiger partial charge in [0.1, 0.15) is 24.1 Å². The summed E-state index contributed by atoms with van der Waals surface area (Å²) >= 11 is 0. The molecule has 0 unspecified atom stereocenters. The SMILES string of the molecule is NCCC[C@@H](N)C[C@H]1O[C@@H](n2cnc3c(N)ncnc32)[C@H](O)[C@@H]1O. The van der Waals surface area contributed by atoms with E-state index in [1.807, 2.05) is 0 Å². The summed E-state index contributed by atoms with van der Waals surface area (Å²) in [5.74, 6) is 0.243. The van der Waals surface area contributed by atoms with E-state index in [2.05, 4.69) is 15.0 Å². The number of rotatable bonds is 6. The fourth-order valence-corrected chi connectivity index (χ4v) is 3.01. The summed E-state index contributed by atoms with van der Waals surface area (Å²) in [6.07, 6.45) is 1.19. The van der Waals surface area contributed by atoms with Crippen LogP contribution in [-0.2, 0) is 4.74 Å². The first-order valence-corrected chi connectivity index (χ1v) is 7.93. The van der Waals surface area contributed by atoms with E-state index in [1.165, 1.54) is 12.7 Å². The first-order valence-electron chi connectivity index (χ1n) is 7.93. The molecule has 5 atom stereocenters. The zero-order valence-corrected chi connectivity index (χ0v) is 13.2. The Balaban J connectivity index is 1.78. The van der Waals surface area contributed by atoms with E-state index in [1.54, 1.807) is 4.57 Å². The van der Waals surface area contributed by atoms with Gasteiger partial charge in [0.05, 0.1) is 12.4 Å². The van der Waals surface area contributed by atoms with Crippen LogP contribution in [0.25, 0.3) is 11.2 Å². The van der Waals surface area contributed by atoms with Crippen LogP contribution in [0.15, 0.2) is 12.7 Å². The fourth-order valence-electron chi connectivity index (χ4n) is 3.01. The molecule has 1 aliphatic rings. The van der Waals surface area contributed by atoms with Gasteiger partial charge in [0.25, 0.3) is 0 Å². The van der Waals surface area contributed by atoms with E-state index in [9.17, 15) is 10.2 Å². The number of ether oxygens (including phenoxy) is 1. The van der Waals surface area contributed by atoms with Crippen LogP contribution in [0.3, 0.4) is 0 Å². The molecule has 10 heteroatoms. The van der Waals surface area contributed by atoms with Crippen molar-refractivity contribution in [3.63, 3.8) is 0 Å². The number of aliphatic hydroxyl groups is 2. The van der Waals surface area contributed by atoms with Gasteiger partial charge in [-0.25, -0.2) is 15.0 Å². The highest BCUT2D eigenvalue weighted by Crippen LogP contribution is 2.33. The highest BCUT2D eigenvalue weighted by molar-refractivity contribution is 5.81. The van der Waals surface area contributed by atoms with Crippen LogP contribution in [0.5, 0.6) is 0 Å². The van der Waals surface area contributed by atoms with Gasteiger partial charge in [-0.2, -0.15) is 0 Å². The third-order valence-corrected chi connectivity index (χ3v) is 4.31. The van der Waals surface area contributed by atoms with Gasteiger partial charge in [-0.15, -0.1) is 0 Å². The summed E-state index contributed by atoms with van der Waals surface area (Å²) in [5, 5.41) is 20.6. The number of nitrogen functional groups attached to an aromatic ring is 1. The van der Waals surface area contributed by atoms with E-state index in [4.69, 9.17) is 21.9 Å². The maximum absolute atomic E-state index is 10.4. The summed E-state index contributed by atoms with van der Waals surface area (Å²) in [5.41, 5.74) is 18.1. The van der Waals surface area contributed by atoms with E-state index >= 15 is 0 Å². The monoisotopic (exact) mass is 337 g/mol. The summed E-state index contributed by atoms with van der Waals surface area (Å²) in [6.45, 7) is 0.565. The van der Waals surface area contributed by atoms with Gasteiger partial charge in [0.2, 0.25) is 0 Å². The number of hydrogen-bond acceptors (Lipinski definition) is 9. The zero-order chi connectivity index (χ0) is 17.3. The maximum atomic E-state index is 10.4. The minimum absolute atomic E-state index is 0.156. The fraction of sp³-hybridized carbons (Fsp3) is 0.643. The molecule has 0 radical (unpaired) electrons. The zero-order valence-electron chi connectivity index (χ0n) is 13.2. The van der Waals surface area contributed by atoms with Crippen molar-refractivity contribution >= 4 is 17.0 Å². The lowest BCUT2D eigenvalue weighted by atomic mass is 10.0. The van der Waals surface area contributed by atoms with Crippen LogP contribution in [0.4, 0.5) is 5.82 Å². The van der Waals surface area contributed by atoms with Gasteiger partial charge in [-0.05, 0) is 25.8 Å². The average Bonchev–Trinajstić information content (AvgIpc) is 3.10. The summed E-state index contributed by atoms with van der Waals surface area (Å²) < 4.78 is 7.39. The smallest absolute Gasteiger partial charge is 0.167 e. The van der Waals surface area contributed by atoms with Gasteiger partial charge in [-0.3, -0.25) is 4.57 Å². The third-order valence-electron chi connectivity index (χ3n) is 4.31. The van der Waals surface area contributed by atoms with Crippen molar-refractivity contribution in [1.29, 1.82) is 0 Å². The highest BCUT2D eigenvalue weighted by atomic mass is 16.6. The molecule has 24 heavy (non-hydrogen) atoms. The van der Waals surface area contributed by atoms with Gasteiger partial charge >= 0.3 is 0 Å². The number of hydrogen-bond donors (Lipinski definition) is 5. The molecule has 0 aromatic carbocycles. The summed E-state index contributed by atoms with van der Waals surface area (Å²) in [4.78, 5) is 12.2. The minimum Gasteiger partial charge on any atom is -0.388 e. The Morgan fingerprint density at radius 2 is 2.04 bits per heavy atom. The number of aliphatic hydroxyl groups excluding tert-OH is 2. The Kier molecular flexibility index (Phi) is 4.92. The van der Waals surface area contributed by atoms with Crippen molar-refractivity contribution in [2.45, 2.75) is 49.8 Å². The molecule has 2 aromatic heterocycles. The molecule has 3 rings (SSSR count). The molecular formula is C14H23N7O3. The number of anilines is 1. The van der Waals surface area contributed by atoms with Crippen molar-refractivity contribution in [2.75, 3.05) is 12.3 Å². The average molecular weight is 337 g/mol. The molecule has 8 N–H and O–H groups in total. The number of imidazole rings is 1. The Labute approximate surface area is 138 Å². The number of nitrogens with zero attached hydrogens (tertiary/aromatic N) is 4. The third kappa shape index (κ3) is 3.06. The second-order valence-corrected chi connectivity index (χ2v) is 6.06. The van der Waals surface area contributed by atoms with Gasteiger partial charge in [-0.1, -0.05) is 0 Å². The second kappa shape index (κ2) is 6.95. The van der Waals surface area contributed by atoms with Gasteiger partial charge in [0, 0.05) is 6.04 Å². The second-order valence-electron chi connectivity index (χ2n) is 6.06. The van der Waals surface area contributed by atoms with Crippen molar-refractivity contribution in [3.8, 4) is 0 Å². The summed E-state index contributed by atoms with van der Waals surface area (Å²) in [7, 11) is 0. The first kappa shape index (κ1) is 17.0. The lowest BCUT2D eigenvalue weighted by Gasteiger charge is -2.19. The Morgan fingerprint density at radius 1 is 1.25 bits per heavy atom. The number of fused-ring (bicyclic) bond motifs is 1. The van der Waals surface area contributed by atoms with Crippen LogP contribution in [0.1, 0.15) is 25.5 Å². The molecule has 0 aliphatic carbocycles. The van der Waals surface area contributed by atoms with E-state index in [0.29, 0.717) is 24.1 Å². The predicted octanol–water partition coefficient (Wildman–Crippen LogP) is -1.52. The van der Waals surface area contributed by atoms with Crippen LogP contribution < -0.4 is 17.2 Å². The lowest BCUT2D eigenvalue weighted by molar-refractivity contribution is -0.0387. The van der Waals surface area contributed by atoms with Gasteiger partial charge in [0.15, 0.2) is 17.7 Å². The highest BCUT2D eigenvalue weighted by Gasteiger charge is 2.44. The molecule has 0 saturated carbocycles. The Bertz CT molecular complexity index is 694. The predicted molar refractivity (Wildman–Crippen MR) is 86.5 cm³/mol. The normalized spacial score (nSPS) is 28.5. The van der Waals surface area contributed by atoms with Crippen LogP contribution >= 0.6 is 0 Å². The minimum atomic E-state index is -1.12. The van der Waals surface area contributed by atoms with E-state index in [0.717, 1.165) is 12.8 Å². The first-order chi connectivity index (χ1) is 11.5. The molecule has 2 aromatic rings. The molecule has 1 fully saturated rings. The molecule has 10 nitrogen and oxygen atoms in total. The van der Waals surface area contributed by atoms with Crippen molar-refractivity contribution in [2.24, 2.45) is 11.5 Å². The van der Waals surface area contributed by atoms with Crippen LogP contribution in [0.2, 0.25) is 0 Å². The topological polar surface area (TPSA) is 171 Å². The maximum Gasteiger partial charge on any atom is 0.167 e. The molecular weight excluding hydrogens is 314 g/mol. The molecule has 0 bridgehead atoms. The lowest BCUT2D eigenvalue weighted by Crippen LogP contribution is -2.35. The molecule has 0 spiro atoms. The van der Waals surface area contributed by atoms with E-state index < -0.39 is 24.5 Å². The van der Waals surface area contributed by atoms with Gasteiger partial charge < -0.3 is 32.2 Å². The largest absolute Gasteiger partial charge is 0.388 e. The Morgan fingerprint density at radius 3 is 2.79 bits per heavy atom. The molecule has 1 saturated heterocycles. The number of nitrogens with two attached hydrogens (primary N) is 3. The van der Waals surface area contributed by atoms with E-state index in [-0.39, 0.29) is 11.9 Å². The molecule has 3 heterocycles. The van der Waals surface area contributed by atoms with Crippen molar-refractivity contribution < 1.29 is 14.9 Å². The van der Waals surface area contributed by atoms with Crippen LogP contribution in [0, 0.1) is 0 Å². The van der Waals surface area contributed by atoms with Crippen molar-refractivity contribution in [1.82, 2.24) is 19.5 Å². The molecule has 0 amide bonds. The quantitative estimate of drug-likeness (QED) is 0.420. The number of aromatic nitrogens is 4. The van der Waals surface area contributed by atoms with Crippen molar-refractivity contribution in [3.05, 3.63) is 12.7 Å². The summed E-state index contributed by atoms with van der Waals surface area (Å²) in [6, 6.07) is -0.156. The molecule has 1 aliphatic heterocycles. The Hall–Kier alpha value is -1.85. The van der Waals surface area contributed by atoms with Crippen LogP contribution in [-0.4, -0.2) is 60.6 Å². The molecule has 132 valence electrons. The standard InChI is InChI=1S/C14H23N7O3/c15-3-1-2-7(16)4-8-10(22)11(23)14(24-8)21-6-20-9-12(17)18-5-19-13(9)21/h5-8,10-11,14,22-23H,1-4,15-16H2,(H2,17,18,19)/t7-,8-,10-,11-,14-/m1/s1.